The first kappa shape index (κ1) is 11.9. The van der Waals surface area contributed by atoms with Crippen LogP contribution in [0.5, 0.6) is 0 Å². The van der Waals surface area contributed by atoms with Gasteiger partial charge < -0.3 is 5.32 Å². The molecular weight excluding hydrogens is 220 g/mol. The number of nitrogens with one attached hydrogen (secondary N) is 2. The minimum Gasteiger partial charge on any atom is -0.314 e. The van der Waals surface area contributed by atoms with Gasteiger partial charge in [0.15, 0.2) is 5.16 Å². The summed E-state index contributed by atoms with van der Waals surface area (Å²) in [5, 5.41) is 12.1. The van der Waals surface area contributed by atoms with E-state index in [1.165, 1.54) is 19.3 Å². The molecule has 90 valence electrons. The summed E-state index contributed by atoms with van der Waals surface area (Å²) in [4.78, 5) is 4.18. The molecule has 1 heterocycles. The highest BCUT2D eigenvalue weighted by molar-refractivity contribution is 7.99. The quantitative estimate of drug-likeness (QED) is 0.827. The van der Waals surface area contributed by atoms with Gasteiger partial charge in [0, 0.05) is 11.3 Å². The highest BCUT2D eigenvalue weighted by atomic mass is 32.2. The minimum atomic E-state index is 0.669. The Balaban J connectivity index is 1.84. The van der Waals surface area contributed by atoms with Crippen LogP contribution in [0, 0.1) is 5.92 Å². The average Bonchev–Trinajstić information content (AvgIpc) is 2.89. The van der Waals surface area contributed by atoms with Crippen molar-refractivity contribution in [1.29, 1.82) is 0 Å². The van der Waals surface area contributed by atoms with Crippen LogP contribution in [-0.2, 0) is 0 Å². The SMILES string of the molecule is CCCNC1CCC(Sc2ncn[nH]2)C1C. The molecule has 16 heavy (non-hydrogen) atoms. The molecule has 1 aliphatic carbocycles. The van der Waals surface area contributed by atoms with Crippen molar-refractivity contribution >= 4 is 11.8 Å². The van der Waals surface area contributed by atoms with Crippen LogP contribution in [0.3, 0.4) is 0 Å². The Morgan fingerprint density at radius 3 is 3.12 bits per heavy atom. The van der Waals surface area contributed by atoms with E-state index in [-0.39, 0.29) is 0 Å². The maximum absolute atomic E-state index is 4.18. The highest BCUT2D eigenvalue weighted by Gasteiger charge is 2.33. The Labute approximate surface area is 101 Å². The van der Waals surface area contributed by atoms with Gasteiger partial charge in [0.25, 0.3) is 0 Å². The van der Waals surface area contributed by atoms with Crippen LogP contribution >= 0.6 is 11.8 Å². The molecule has 2 N–H and O–H groups in total. The van der Waals surface area contributed by atoms with Gasteiger partial charge in [-0.1, -0.05) is 25.6 Å². The fourth-order valence-electron chi connectivity index (χ4n) is 2.31. The van der Waals surface area contributed by atoms with Gasteiger partial charge in [-0.2, -0.15) is 5.10 Å². The van der Waals surface area contributed by atoms with E-state index in [4.69, 9.17) is 0 Å². The van der Waals surface area contributed by atoms with Crippen LogP contribution in [0.1, 0.15) is 33.1 Å². The molecule has 1 aliphatic rings. The zero-order valence-corrected chi connectivity index (χ0v) is 10.8. The van der Waals surface area contributed by atoms with E-state index in [0.717, 1.165) is 11.7 Å². The Morgan fingerprint density at radius 2 is 2.44 bits per heavy atom. The molecule has 3 atom stereocenters. The average molecular weight is 240 g/mol. The molecule has 0 aromatic carbocycles. The number of hydrogen-bond donors (Lipinski definition) is 2. The minimum absolute atomic E-state index is 0.669. The molecule has 0 radical (unpaired) electrons. The Kier molecular flexibility index (Phi) is 4.23. The van der Waals surface area contributed by atoms with E-state index in [9.17, 15) is 0 Å². The summed E-state index contributed by atoms with van der Waals surface area (Å²) >= 11 is 1.83. The van der Waals surface area contributed by atoms with Gasteiger partial charge in [-0.15, -0.1) is 0 Å². The fourth-order valence-corrected chi connectivity index (χ4v) is 3.47. The van der Waals surface area contributed by atoms with Crippen molar-refractivity contribution in [3.63, 3.8) is 0 Å². The summed E-state index contributed by atoms with van der Waals surface area (Å²) in [6, 6.07) is 0.681. The normalized spacial score (nSPS) is 29.8. The van der Waals surface area contributed by atoms with Crippen molar-refractivity contribution in [2.75, 3.05) is 6.54 Å². The fraction of sp³-hybridized carbons (Fsp3) is 0.818. The Hall–Kier alpha value is -0.550. The van der Waals surface area contributed by atoms with E-state index in [1.54, 1.807) is 6.33 Å². The summed E-state index contributed by atoms with van der Waals surface area (Å²) in [5.74, 6) is 0.710. The third-order valence-electron chi connectivity index (χ3n) is 3.30. The summed E-state index contributed by atoms with van der Waals surface area (Å²) in [6.45, 7) is 5.69. The van der Waals surface area contributed by atoms with Gasteiger partial charge in [0.1, 0.15) is 6.33 Å². The first-order chi connectivity index (χ1) is 7.81. The summed E-state index contributed by atoms with van der Waals surface area (Å²) in [5.41, 5.74) is 0. The second-order valence-electron chi connectivity index (χ2n) is 4.44. The molecule has 1 aromatic rings. The van der Waals surface area contributed by atoms with Crippen LogP contribution in [0.25, 0.3) is 0 Å². The molecule has 2 rings (SSSR count). The van der Waals surface area contributed by atoms with Crippen molar-refractivity contribution < 1.29 is 0 Å². The van der Waals surface area contributed by atoms with E-state index in [1.807, 2.05) is 11.8 Å². The number of rotatable bonds is 5. The van der Waals surface area contributed by atoms with Gasteiger partial charge in [0.05, 0.1) is 0 Å². The van der Waals surface area contributed by atoms with Crippen LogP contribution < -0.4 is 5.32 Å². The summed E-state index contributed by atoms with van der Waals surface area (Å²) in [6.07, 6.45) is 5.35. The molecule has 5 heteroatoms. The van der Waals surface area contributed by atoms with Crippen molar-refractivity contribution in [3.8, 4) is 0 Å². The number of H-pyrrole nitrogens is 1. The van der Waals surface area contributed by atoms with E-state index in [2.05, 4.69) is 34.3 Å². The lowest BCUT2D eigenvalue weighted by Gasteiger charge is -2.20. The van der Waals surface area contributed by atoms with Crippen LogP contribution in [0.15, 0.2) is 11.5 Å². The molecule has 0 spiro atoms. The topological polar surface area (TPSA) is 53.6 Å². The first-order valence-electron chi connectivity index (χ1n) is 6.06. The summed E-state index contributed by atoms with van der Waals surface area (Å²) in [7, 11) is 0. The third kappa shape index (κ3) is 2.77. The van der Waals surface area contributed by atoms with Gasteiger partial charge in [-0.05, 0) is 31.7 Å². The van der Waals surface area contributed by atoms with Crippen molar-refractivity contribution in [1.82, 2.24) is 20.5 Å². The molecule has 4 nitrogen and oxygen atoms in total. The predicted octanol–water partition coefficient (Wildman–Crippen LogP) is 2.06. The van der Waals surface area contributed by atoms with Crippen LogP contribution in [-0.4, -0.2) is 33.0 Å². The zero-order valence-electron chi connectivity index (χ0n) is 9.94. The second-order valence-corrected chi connectivity index (χ2v) is 5.67. The zero-order chi connectivity index (χ0) is 11.4. The lowest BCUT2D eigenvalue weighted by molar-refractivity contribution is 0.431. The molecule has 0 amide bonds. The number of aromatic nitrogens is 3. The Bertz CT molecular complexity index is 301. The second kappa shape index (κ2) is 5.68. The monoisotopic (exact) mass is 240 g/mol. The standard InChI is InChI=1S/C11H20N4S/c1-3-6-12-9-4-5-10(8(9)2)16-11-13-7-14-15-11/h7-10,12H,3-6H2,1-2H3,(H,13,14,15). The smallest absolute Gasteiger partial charge is 0.183 e. The van der Waals surface area contributed by atoms with E-state index < -0.39 is 0 Å². The Morgan fingerprint density at radius 1 is 1.56 bits per heavy atom. The molecule has 0 bridgehead atoms. The number of aromatic amines is 1. The maximum atomic E-state index is 4.18. The molecule has 1 saturated carbocycles. The predicted molar refractivity (Wildman–Crippen MR) is 66.5 cm³/mol. The first-order valence-corrected chi connectivity index (χ1v) is 6.94. The molecular formula is C11H20N4S. The third-order valence-corrected chi connectivity index (χ3v) is 4.68. The molecule has 0 aliphatic heterocycles. The maximum Gasteiger partial charge on any atom is 0.183 e. The lowest BCUT2D eigenvalue weighted by Crippen LogP contribution is -2.33. The number of nitrogens with zero attached hydrogens (tertiary/aromatic N) is 2. The van der Waals surface area contributed by atoms with Gasteiger partial charge in [-0.25, -0.2) is 4.98 Å². The molecule has 1 aromatic heterocycles. The largest absolute Gasteiger partial charge is 0.314 e. The molecule has 1 fully saturated rings. The number of thioether (sulfide) groups is 1. The molecule has 3 unspecified atom stereocenters. The van der Waals surface area contributed by atoms with E-state index >= 15 is 0 Å². The van der Waals surface area contributed by atoms with E-state index in [0.29, 0.717) is 17.2 Å². The number of hydrogen-bond acceptors (Lipinski definition) is 4. The summed E-state index contributed by atoms with van der Waals surface area (Å²) < 4.78 is 0. The van der Waals surface area contributed by atoms with Crippen molar-refractivity contribution in [2.24, 2.45) is 5.92 Å². The van der Waals surface area contributed by atoms with Gasteiger partial charge in [-0.3, -0.25) is 5.10 Å². The van der Waals surface area contributed by atoms with Gasteiger partial charge >= 0.3 is 0 Å². The lowest BCUT2D eigenvalue weighted by atomic mass is 10.1. The highest BCUT2D eigenvalue weighted by Crippen LogP contribution is 2.37. The van der Waals surface area contributed by atoms with Crippen LogP contribution in [0.4, 0.5) is 0 Å². The van der Waals surface area contributed by atoms with Crippen LogP contribution in [0.2, 0.25) is 0 Å². The van der Waals surface area contributed by atoms with Crippen molar-refractivity contribution in [2.45, 2.75) is 49.6 Å². The van der Waals surface area contributed by atoms with Crippen molar-refractivity contribution in [3.05, 3.63) is 6.33 Å². The van der Waals surface area contributed by atoms with Gasteiger partial charge in [0.2, 0.25) is 0 Å². The molecule has 0 saturated heterocycles.